The van der Waals surface area contributed by atoms with E-state index in [-0.39, 0.29) is 11.9 Å². The highest BCUT2D eigenvalue weighted by Crippen LogP contribution is 2.24. The second-order valence-electron chi connectivity index (χ2n) is 38.1. The maximum atomic E-state index is 12.7. The average Bonchev–Trinajstić information content (AvgIpc) is 0.987. The summed E-state index contributed by atoms with van der Waals surface area (Å²) >= 11 is 0. The van der Waals surface area contributed by atoms with Gasteiger partial charge < -0.3 is 9.47 Å². The topological polar surface area (TPSA) is 52.6 Å². The fourth-order valence-corrected chi connectivity index (χ4v) is 14.6. The van der Waals surface area contributed by atoms with Crippen LogP contribution in [-0.2, 0) is 19.1 Å². The molecule has 0 bridgehead atoms. The molecule has 0 aliphatic heterocycles. The molecule has 0 rings (SSSR count). The summed E-state index contributed by atoms with van der Waals surface area (Å²) in [6, 6.07) is 0. The number of hydrogen-bond donors (Lipinski definition) is 0. The van der Waals surface area contributed by atoms with Crippen molar-refractivity contribution in [3.05, 3.63) is 280 Å². The molecule has 0 aliphatic rings. The van der Waals surface area contributed by atoms with Crippen molar-refractivity contribution in [2.24, 2.45) is 0 Å². The van der Waals surface area contributed by atoms with E-state index in [2.05, 4.69) is 300 Å². The molecule has 0 aliphatic carbocycles. The Bertz CT molecular complexity index is 3850. The Labute approximate surface area is 768 Å². The van der Waals surface area contributed by atoms with E-state index >= 15 is 0 Å². The minimum absolute atomic E-state index is 0.249. The highest BCUT2D eigenvalue weighted by molar-refractivity contribution is 5.83. The number of rotatable bonds is 69. The molecule has 0 unspecified atom stereocenters. The number of esters is 2. The van der Waals surface area contributed by atoms with E-state index in [1.165, 1.54) is 143 Å². The van der Waals surface area contributed by atoms with E-state index < -0.39 is 0 Å². The van der Waals surface area contributed by atoms with Gasteiger partial charge in [0.15, 0.2) is 0 Å². The fourth-order valence-electron chi connectivity index (χ4n) is 14.6. The third-order valence-corrected chi connectivity index (χ3v) is 23.6. The Morgan fingerprint density at radius 1 is 0.145 bits per heavy atom. The van der Waals surface area contributed by atoms with Gasteiger partial charge in [-0.05, 0) is 461 Å². The minimum Gasteiger partial charge on any atom is -0.458 e. The van der Waals surface area contributed by atoms with E-state index in [0.29, 0.717) is 13.2 Å². The molecule has 124 heavy (non-hydrogen) atoms. The number of hydrogen-bond acceptors (Lipinski definition) is 4. The van der Waals surface area contributed by atoms with Crippen molar-refractivity contribution in [1.82, 2.24) is 0 Å². The summed E-state index contributed by atoms with van der Waals surface area (Å²) in [5.41, 5.74) is 34.0. The first-order chi connectivity index (χ1) is 59.1. The lowest BCUT2D eigenvalue weighted by molar-refractivity contribution is -0.137. The molecule has 0 fully saturated rings. The van der Waals surface area contributed by atoms with Crippen LogP contribution in [0.3, 0.4) is 0 Å². The molecule has 0 aromatic rings. The van der Waals surface area contributed by atoms with E-state index in [4.69, 9.17) is 9.47 Å². The van der Waals surface area contributed by atoms with Gasteiger partial charge in [-0.1, -0.05) is 256 Å². The van der Waals surface area contributed by atoms with Crippen LogP contribution in [0.1, 0.15) is 450 Å². The number of ether oxygens (including phenoxy) is 2. The third kappa shape index (κ3) is 78.2. The zero-order valence-corrected chi connectivity index (χ0v) is 85.6. The molecule has 0 saturated heterocycles. The molecule has 0 heterocycles. The van der Waals surface area contributed by atoms with Crippen LogP contribution in [0.2, 0.25) is 0 Å². The van der Waals surface area contributed by atoms with Crippen LogP contribution in [0.4, 0.5) is 0 Å². The van der Waals surface area contributed by atoms with Crippen LogP contribution >= 0.6 is 0 Å². The van der Waals surface area contributed by atoms with Gasteiger partial charge in [-0.25, -0.2) is 9.59 Å². The molecular weight excluding hydrogens is 1510 g/mol. The molecule has 0 aromatic heterocycles. The smallest absolute Gasteiger partial charge is 0.331 e. The van der Waals surface area contributed by atoms with Crippen LogP contribution in [0.5, 0.6) is 0 Å². The summed E-state index contributed by atoms with van der Waals surface area (Å²) in [5.74, 6) is -0.501. The predicted octanol–water partition coefficient (Wildman–Crippen LogP) is 39.2. The summed E-state index contributed by atoms with van der Waals surface area (Å²) in [7, 11) is 0. The zero-order valence-electron chi connectivity index (χ0n) is 85.6. The highest BCUT2D eigenvalue weighted by atomic mass is 16.5. The Kier molecular flexibility index (Phi) is 72.4. The van der Waals surface area contributed by atoms with Gasteiger partial charge >= 0.3 is 11.9 Å². The Morgan fingerprint density at radius 3 is 0.419 bits per heavy atom. The van der Waals surface area contributed by atoms with Crippen molar-refractivity contribution >= 4 is 11.9 Å². The van der Waals surface area contributed by atoms with Gasteiger partial charge in [-0.2, -0.15) is 0 Å². The monoisotopic (exact) mass is 1700 g/mol. The van der Waals surface area contributed by atoms with E-state index in [1.807, 2.05) is 13.8 Å². The largest absolute Gasteiger partial charge is 0.458 e. The molecular formula is C120H190O4. The van der Waals surface area contributed by atoms with Crippen molar-refractivity contribution in [2.45, 2.75) is 450 Å². The molecule has 0 spiro atoms. The summed E-state index contributed by atoms with van der Waals surface area (Å²) in [5, 5.41) is 0. The van der Waals surface area contributed by atoms with Gasteiger partial charge in [0.1, 0.15) is 13.2 Å². The SMILES string of the molecule is CC(C)=CCC/C(C)=C/CC/C(C)=C/CC/C(C)=C\CC/C(C)=C\CC/C(C)=C\CC/C(C)=C\CC/C(C)=C\C(=O)OC/C=C(/C)CC/C=C(/C)CC/C=C(/C)CC/C=C(/C)CC/C=C(/C)CC/C=C(\C)CC/C=C(\C)CC/C=C(\C)COC(=O)/C=C(/C)CC/C=C(/C)CC/C=C(/C)CC/C=C(/C)CC/C=C(/C)CC/C=C(\C)CC/C=C(\C)CCC=C(C)C. The predicted molar refractivity (Wildman–Crippen MR) is 557 cm³/mol. The summed E-state index contributed by atoms with van der Waals surface area (Å²) in [4.78, 5) is 25.3. The van der Waals surface area contributed by atoms with E-state index in [1.54, 1.807) is 12.2 Å². The van der Waals surface area contributed by atoms with Gasteiger partial charge in [-0.15, -0.1) is 0 Å². The molecule has 0 N–H and O–H groups in total. The van der Waals surface area contributed by atoms with Gasteiger partial charge in [0, 0.05) is 12.2 Å². The van der Waals surface area contributed by atoms with Crippen molar-refractivity contribution in [3.63, 3.8) is 0 Å². The van der Waals surface area contributed by atoms with Crippen LogP contribution in [0.15, 0.2) is 280 Å². The van der Waals surface area contributed by atoms with E-state index in [0.717, 1.165) is 261 Å². The van der Waals surface area contributed by atoms with Gasteiger partial charge in [0.2, 0.25) is 0 Å². The van der Waals surface area contributed by atoms with Crippen molar-refractivity contribution in [1.29, 1.82) is 0 Å². The Balaban J connectivity index is 4.43. The second-order valence-corrected chi connectivity index (χ2v) is 38.1. The van der Waals surface area contributed by atoms with Crippen molar-refractivity contribution in [2.75, 3.05) is 13.2 Å². The van der Waals surface area contributed by atoms with Crippen LogP contribution in [0, 0.1) is 0 Å². The third-order valence-electron chi connectivity index (χ3n) is 23.6. The molecule has 0 radical (unpaired) electrons. The van der Waals surface area contributed by atoms with Crippen LogP contribution in [-0.4, -0.2) is 25.2 Å². The number of carbonyl (C=O) groups excluding carboxylic acids is 2. The van der Waals surface area contributed by atoms with E-state index in [9.17, 15) is 9.59 Å². The Hall–Kier alpha value is -7.30. The van der Waals surface area contributed by atoms with Crippen molar-refractivity contribution in [3.8, 4) is 0 Å². The fraction of sp³-hybridized carbons (Fsp3) is 0.583. The molecule has 0 amide bonds. The van der Waals surface area contributed by atoms with Gasteiger partial charge in [0.05, 0.1) is 0 Å². The standard InChI is InChI=1S/C120H190O4/c1-95(2)48-27-50-97(5)52-29-54-99(7)56-31-58-101(9)60-33-63-104(12)67-37-71-108(16)75-41-79-112(20)83-45-87-116(24)92-119(121)123-91-90-115(23)86-44-82-111(19)78-40-74-107(15)70-36-66-103(11)62-35-65-106(14)69-39-73-110(18)77-43-81-114(22)85-47-89-118(26)94-124-120(122)93-117(25)88-46-84-113(21)80-42-76-109(17)72-38-68-105(13)64-34-61-102(10)59-32-57-100(8)55-30-53-98(6)51-28-49-96(3)4/h48-49,52-53,56-57,60-61,65-68,73-76,81-84,89-90,92-93H,27-47,50-51,54-55,58-59,62-64,69-72,77-80,85-88,91,94H2,1-26H3/b97-52+,98-53+,99-56+,100-57+,101-60-,102-61-,103-66-,104-67-,105-68-,106-65-,107-74-,108-75-,109-76-,110-73+,111-82-,112-83-,113-84-,114-81+,115-90-,116-92-,117-93-,118-89+. The first-order valence-corrected chi connectivity index (χ1v) is 49.2. The maximum Gasteiger partial charge on any atom is 0.331 e. The average molecular weight is 1700 g/mol. The molecule has 4 heteroatoms. The lowest BCUT2D eigenvalue weighted by Crippen LogP contribution is -2.04. The van der Waals surface area contributed by atoms with Crippen LogP contribution < -0.4 is 0 Å². The molecule has 0 aromatic carbocycles. The quantitative estimate of drug-likeness (QED) is 0.0346. The van der Waals surface area contributed by atoms with Crippen molar-refractivity contribution < 1.29 is 19.1 Å². The van der Waals surface area contributed by atoms with Gasteiger partial charge in [-0.3, -0.25) is 0 Å². The highest BCUT2D eigenvalue weighted by Gasteiger charge is 2.07. The van der Waals surface area contributed by atoms with Gasteiger partial charge in [0.25, 0.3) is 0 Å². The minimum atomic E-state index is -0.252. The second kappa shape index (κ2) is 76.9. The molecule has 0 saturated carbocycles. The number of allylic oxidation sites excluding steroid dienone is 44. The lowest BCUT2D eigenvalue weighted by Gasteiger charge is -2.05. The number of carbonyl (C=O) groups is 2. The lowest BCUT2D eigenvalue weighted by atomic mass is 10.0. The summed E-state index contributed by atoms with van der Waals surface area (Å²) < 4.78 is 11.2. The first-order valence-electron chi connectivity index (χ1n) is 49.2. The Morgan fingerprint density at radius 2 is 0.266 bits per heavy atom. The first kappa shape index (κ1) is 117. The summed E-state index contributed by atoms with van der Waals surface area (Å²) in [6.07, 6.45) is 102. The zero-order chi connectivity index (χ0) is 92.5. The summed E-state index contributed by atoms with van der Waals surface area (Å²) in [6.45, 7) is 58.6. The molecule has 0 atom stereocenters. The van der Waals surface area contributed by atoms with Crippen LogP contribution in [0.25, 0.3) is 0 Å². The molecule has 4 nitrogen and oxygen atoms in total. The molecule has 694 valence electrons. The maximum absolute atomic E-state index is 12.7. The normalized spacial score (nSPS) is 15.0.